The normalized spacial score (nSPS) is 17.7. The molecule has 2 aromatic heterocycles. The minimum atomic E-state index is 0.294. The Balaban J connectivity index is 1.57. The van der Waals surface area contributed by atoms with Gasteiger partial charge in [0.2, 0.25) is 5.95 Å². The van der Waals surface area contributed by atoms with Gasteiger partial charge in [-0.05, 0) is 23.8 Å². The third kappa shape index (κ3) is 3.12. The van der Waals surface area contributed by atoms with Crippen LogP contribution in [0.25, 0.3) is 11.4 Å². The summed E-state index contributed by atoms with van der Waals surface area (Å²) >= 11 is 0. The van der Waals surface area contributed by atoms with Gasteiger partial charge in [-0.2, -0.15) is 0 Å². The van der Waals surface area contributed by atoms with E-state index >= 15 is 0 Å². The molecule has 0 saturated carbocycles. The molecular formula is C19H19N5. The molecule has 1 aromatic carbocycles. The van der Waals surface area contributed by atoms with Crippen LogP contribution in [0.3, 0.4) is 0 Å². The van der Waals surface area contributed by atoms with Crippen LogP contribution in [0.1, 0.15) is 11.6 Å². The van der Waals surface area contributed by atoms with Crippen LogP contribution in [0, 0.1) is 0 Å². The first-order valence-electron chi connectivity index (χ1n) is 8.18. The zero-order valence-electron chi connectivity index (χ0n) is 13.3. The fraction of sp³-hybridized carbons (Fsp3) is 0.211. The van der Waals surface area contributed by atoms with Gasteiger partial charge in [0, 0.05) is 38.1 Å². The van der Waals surface area contributed by atoms with Crippen molar-refractivity contribution in [3.05, 3.63) is 72.6 Å². The van der Waals surface area contributed by atoms with Gasteiger partial charge in [0.1, 0.15) is 0 Å². The lowest BCUT2D eigenvalue weighted by molar-refractivity contribution is 0.467. The number of pyridine rings is 1. The molecule has 1 saturated heterocycles. The van der Waals surface area contributed by atoms with Gasteiger partial charge in [-0.1, -0.05) is 36.4 Å². The number of nitrogens with one attached hydrogen (secondary N) is 1. The monoisotopic (exact) mass is 317 g/mol. The smallest absolute Gasteiger partial charge is 0.226 e. The zero-order chi connectivity index (χ0) is 16.2. The molecular weight excluding hydrogens is 298 g/mol. The van der Waals surface area contributed by atoms with E-state index in [0.29, 0.717) is 6.04 Å². The molecule has 1 N–H and O–H groups in total. The van der Waals surface area contributed by atoms with Crippen molar-refractivity contribution in [3.8, 4) is 11.4 Å². The SMILES string of the molecule is c1ccc([C@@H]2CN(c3nccc(-c4ccccn4)n3)CCN2)cc1. The predicted octanol–water partition coefficient (Wildman–Crippen LogP) is 2.69. The summed E-state index contributed by atoms with van der Waals surface area (Å²) < 4.78 is 0. The van der Waals surface area contributed by atoms with Crippen LogP contribution in [0.2, 0.25) is 0 Å². The lowest BCUT2D eigenvalue weighted by Crippen LogP contribution is -2.46. The third-order valence-corrected chi connectivity index (χ3v) is 4.23. The summed E-state index contributed by atoms with van der Waals surface area (Å²) in [7, 11) is 0. The lowest BCUT2D eigenvalue weighted by Gasteiger charge is -2.34. The van der Waals surface area contributed by atoms with Gasteiger partial charge in [-0.25, -0.2) is 9.97 Å². The van der Waals surface area contributed by atoms with Crippen LogP contribution in [-0.2, 0) is 0 Å². The highest BCUT2D eigenvalue weighted by molar-refractivity contribution is 5.55. The summed E-state index contributed by atoms with van der Waals surface area (Å²) in [5.74, 6) is 0.764. The van der Waals surface area contributed by atoms with E-state index in [1.54, 1.807) is 6.20 Å². The standard InChI is InChI=1S/C19H19N5/c1-2-6-15(7-3-1)18-14-24(13-12-21-18)19-22-11-9-17(23-19)16-8-4-5-10-20-16/h1-11,18,21H,12-14H2/t18-/m0/s1. The Morgan fingerprint density at radius 2 is 1.75 bits per heavy atom. The summed E-state index contributed by atoms with van der Waals surface area (Å²) in [4.78, 5) is 15.8. The van der Waals surface area contributed by atoms with Crippen molar-refractivity contribution in [2.75, 3.05) is 24.5 Å². The van der Waals surface area contributed by atoms with E-state index in [2.05, 4.69) is 44.5 Å². The first-order chi connectivity index (χ1) is 11.9. The first kappa shape index (κ1) is 14.8. The van der Waals surface area contributed by atoms with Gasteiger partial charge in [-0.3, -0.25) is 4.98 Å². The lowest BCUT2D eigenvalue weighted by atomic mass is 10.0. The highest BCUT2D eigenvalue weighted by Gasteiger charge is 2.22. The second-order valence-electron chi connectivity index (χ2n) is 5.82. The Hall–Kier alpha value is -2.79. The van der Waals surface area contributed by atoms with Crippen LogP contribution in [0.15, 0.2) is 67.0 Å². The molecule has 1 aliphatic rings. The van der Waals surface area contributed by atoms with Crippen LogP contribution in [0.5, 0.6) is 0 Å². The minimum Gasteiger partial charge on any atom is -0.338 e. The van der Waals surface area contributed by atoms with Gasteiger partial charge in [-0.15, -0.1) is 0 Å². The molecule has 1 aliphatic heterocycles. The molecule has 0 amide bonds. The molecule has 1 atom stereocenters. The van der Waals surface area contributed by atoms with Crippen LogP contribution in [-0.4, -0.2) is 34.6 Å². The maximum Gasteiger partial charge on any atom is 0.226 e. The molecule has 3 aromatic rings. The van der Waals surface area contributed by atoms with E-state index in [9.17, 15) is 0 Å². The number of benzene rings is 1. The molecule has 24 heavy (non-hydrogen) atoms. The Labute approximate surface area is 141 Å². The number of anilines is 1. The first-order valence-corrected chi connectivity index (χ1v) is 8.18. The average molecular weight is 317 g/mol. The molecule has 4 rings (SSSR count). The van der Waals surface area contributed by atoms with Crippen molar-refractivity contribution in [1.29, 1.82) is 0 Å². The fourth-order valence-electron chi connectivity index (χ4n) is 3.00. The topological polar surface area (TPSA) is 53.9 Å². The molecule has 0 spiro atoms. The van der Waals surface area contributed by atoms with Crippen molar-refractivity contribution in [3.63, 3.8) is 0 Å². The molecule has 0 bridgehead atoms. The summed E-state index contributed by atoms with van der Waals surface area (Å²) in [6, 6.07) is 18.6. The largest absolute Gasteiger partial charge is 0.338 e. The van der Waals surface area contributed by atoms with Gasteiger partial charge in [0.25, 0.3) is 0 Å². The minimum absolute atomic E-state index is 0.294. The Bertz CT molecular complexity index is 791. The van der Waals surface area contributed by atoms with E-state index in [0.717, 1.165) is 37.0 Å². The molecule has 5 nitrogen and oxygen atoms in total. The summed E-state index contributed by atoms with van der Waals surface area (Å²) in [5.41, 5.74) is 3.02. The average Bonchev–Trinajstić information content (AvgIpc) is 2.70. The van der Waals surface area contributed by atoms with Crippen molar-refractivity contribution in [2.24, 2.45) is 0 Å². The second kappa shape index (κ2) is 6.76. The van der Waals surface area contributed by atoms with E-state index in [1.807, 2.05) is 36.5 Å². The summed E-state index contributed by atoms with van der Waals surface area (Å²) in [5, 5.41) is 3.57. The molecule has 5 heteroatoms. The van der Waals surface area contributed by atoms with Crippen LogP contribution >= 0.6 is 0 Å². The highest BCUT2D eigenvalue weighted by atomic mass is 15.3. The molecule has 120 valence electrons. The van der Waals surface area contributed by atoms with Crippen molar-refractivity contribution < 1.29 is 0 Å². The predicted molar refractivity (Wildman–Crippen MR) is 94.7 cm³/mol. The van der Waals surface area contributed by atoms with E-state index in [4.69, 9.17) is 4.98 Å². The molecule has 0 aliphatic carbocycles. The number of rotatable bonds is 3. The van der Waals surface area contributed by atoms with E-state index < -0.39 is 0 Å². The van der Waals surface area contributed by atoms with E-state index in [1.165, 1.54) is 5.56 Å². The Morgan fingerprint density at radius 1 is 0.875 bits per heavy atom. The Morgan fingerprint density at radius 3 is 2.58 bits per heavy atom. The zero-order valence-corrected chi connectivity index (χ0v) is 13.3. The van der Waals surface area contributed by atoms with Crippen molar-refractivity contribution in [1.82, 2.24) is 20.3 Å². The highest BCUT2D eigenvalue weighted by Crippen LogP contribution is 2.21. The number of hydrogen-bond donors (Lipinski definition) is 1. The molecule has 1 fully saturated rings. The maximum absolute atomic E-state index is 4.72. The number of piperazine rings is 1. The quantitative estimate of drug-likeness (QED) is 0.805. The fourth-order valence-corrected chi connectivity index (χ4v) is 3.00. The van der Waals surface area contributed by atoms with Crippen LogP contribution < -0.4 is 10.2 Å². The molecule has 0 unspecified atom stereocenters. The van der Waals surface area contributed by atoms with Gasteiger partial charge < -0.3 is 10.2 Å². The molecule has 3 heterocycles. The summed E-state index contributed by atoms with van der Waals surface area (Å²) in [6.45, 7) is 2.67. The third-order valence-electron chi connectivity index (χ3n) is 4.23. The van der Waals surface area contributed by atoms with Crippen molar-refractivity contribution in [2.45, 2.75) is 6.04 Å². The second-order valence-corrected chi connectivity index (χ2v) is 5.82. The van der Waals surface area contributed by atoms with Gasteiger partial charge in [0.15, 0.2) is 0 Å². The van der Waals surface area contributed by atoms with Gasteiger partial charge >= 0.3 is 0 Å². The maximum atomic E-state index is 4.72. The van der Waals surface area contributed by atoms with Gasteiger partial charge in [0.05, 0.1) is 11.4 Å². The van der Waals surface area contributed by atoms with Crippen molar-refractivity contribution >= 4 is 5.95 Å². The number of nitrogens with zero attached hydrogens (tertiary/aromatic N) is 4. The van der Waals surface area contributed by atoms with E-state index in [-0.39, 0.29) is 0 Å². The number of hydrogen-bond acceptors (Lipinski definition) is 5. The Kier molecular flexibility index (Phi) is 4.16. The summed E-state index contributed by atoms with van der Waals surface area (Å²) in [6.07, 6.45) is 3.60. The number of aromatic nitrogens is 3. The van der Waals surface area contributed by atoms with Crippen LogP contribution in [0.4, 0.5) is 5.95 Å². The molecule has 0 radical (unpaired) electrons.